The summed E-state index contributed by atoms with van der Waals surface area (Å²) in [6.07, 6.45) is 1.10. The van der Waals surface area contributed by atoms with Gasteiger partial charge in [0.1, 0.15) is 0 Å². The molecule has 2 aromatic carbocycles. The van der Waals surface area contributed by atoms with E-state index in [9.17, 15) is 4.79 Å². The number of halogens is 2. The van der Waals surface area contributed by atoms with E-state index in [4.69, 9.17) is 16.1 Å². The largest absolute Gasteiger partial charge is 0.356 e. The van der Waals surface area contributed by atoms with Crippen molar-refractivity contribution in [1.82, 2.24) is 10.1 Å². The standard InChI is InChI=1S/C20H16BrClN2O2/c21-15-5-1-13(2-6-15)11-19(25)24-10-9-18-17(12-24)20(26-23-18)14-3-7-16(22)8-4-14/h1-8H,9-12H2. The second-order valence-electron chi connectivity index (χ2n) is 6.31. The van der Waals surface area contributed by atoms with Gasteiger partial charge in [0, 0.05) is 33.6 Å². The third-order valence-corrected chi connectivity index (χ3v) is 5.35. The summed E-state index contributed by atoms with van der Waals surface area (Å²) in [5.74, 6) is 0.832. The van der Waals surface area contributed by atoms with Gasteiger partial charge in [0.15, 0.2) is 5.76 Å². The van der Waals surface area contributed by atoms with Crippen LogP contribution in [0.1, 0.15) is 16.8 Å². The Balaban J connectivity index is 1.53. The highest BCUT2D eigenvalue weighted by Gasteiger charge is 2.27. The lowest BCUT2D eigenvalue weighted by Gasteiger charge is -2.26. The minimum absolute atomic E-state index is 0.112. The summed E-state index contributed by atoms with van der Waals surface area (Å²) in [5.41, 5.74) is 3.85. The molecule has 0 aliphatic carbocycles. The molecule has 1 aliphatic heterocycles. The summed E-state index contributed by atoms with van der Waals surface area (Å²) in [6, 6.07) is 15.3. The lowest BCUT2D eigenvalue weighted by molar-refractivity contribution is -0.131. The van der Waals surface area contributed by atoms with Crippen LogP contribution in [0.5, 0.6) is 0 Å². The van der Waals surface area contributed by atoms with Gasteiger partial charge in [0.05, 0.1) is 18.7 Å². The Morgan fingerprint density at radius 2 is 1.88 bits per heavy atom. The predicted octanol–water partition coefficient (Wildman–Crippen LogP) is 4.88. The number of nitrogens with zero attached hydrogens (tertiary/aromatic N) is 2. The number of aromatic nitrogens is 1. The molecule has 4 rings (SSSR count). The molecule has 0 spiro atoms. The summed E-state index contributed by atoms with van der Waals surface area (Å²) in [6.45, 7) is 1.18. The molecule has 0 saturated heterocycles. The van der Waals surface area contributed by atoms with Gasteiger partial charge in [0.25, 0.3) is 0 Å². The number of carbonyl (C=O) groups excluding carboxylic acids is 1. The maximum atomic E-state index is 12.7. The van der Waals surface area contributed by atoms with Crippen LogP contribution in [-0.4, -0.2) is 22.5 Å². The molecule has 0 radical (unpaired) electrons. The first-order valence-electron chi connectivity index (χ1n) is 8.36. The number of benzene rings is 2. The number of amides is 1. The first kappa shape index (κ1) is 17.3. The quantitative estimate of drug-likeness (QED) is 0.593. The number of fused-ring (bicyclic) bond motifs is 1. The van der Waals surface area contributed by atoms with Crippen molar-refractivity contribution in [1.29, 1.82) is 0 Å². The zero-order valence-electron chi connectivity index (χ0n) is 13.9. The van der Waals surface area contributed by atoms with Gasteiger partial charge >= 0.3 is 0 Å². The van der Waals surface area contributed by atoms with Gasteiger partial charge < -0.3 is 9.42 Å². The van der Waals surface area contributed by atoms with E-state index < -0.39 is 0 Å². The number of rotatable bonds is 3. The first-order valence-corrected chi connectivity index (χ1v) is 9.53. The van der Waals surface area contributed by atoms with Crippen LogP contribution >= 0.6 is 27.5 Å². The zero-order valence-corrected chi connectivity index (χ0v) is 16.3. The molecule has 0 unspecified atom stereocenters. The van der Waals surface area contributed by atoms with E-state index in [1.54, 1.807) is 0 Å². The van der Waals surface area contributed by atoms with E-state index in [2.05, 4.69) is 21.1 Å². The molecule has 4 nitrogen and oxygen atoms in total. The third-order valence-electron chi connectivity index (χ3n) is 4.56. The van der Waals surface area contributed by atoms with Crippen LogP contribution in [0.2, 0.25) is 5.02 Å². The fourth-order valence-corrected chi connectivity index (χ4v) is 3.53. The van der Waals surface area contributed by atoms with Crippen molar-refractivity contribution >= 4 is 33.4 Å². The summed E-state index contributed by atoms with van der Waals surface area (Å²) in [5, 5.41) is 4.87. The van der Waals surface area contributed by atoms with Gasteiger partial charge in [-0.25, -0.2) is 0 Å². The smallest absolute Gasteiger partial charge is 0.227 e. The Morgan fingerprint density at radius 1 is 1.15 bits per heavy atom. The molecule has 0 fully saturated rings. The van der Waals surface area contributed by atoms with Crippen LogP contribution in [-0.2, 0) is 24.2 Å². The first-order chi connectivity index (χ1) is 12.6. The number of hydrogen-bond acceptors (Lipinski definition) is 3. The van der Waals surface area contributed by atoms with Crippen LogP contribution in [0, 0.1) is 0 Å². The minimum Gasteiger partial charge on any atom is -0.356 e. The molecular formula is C20H16BrClN2O2. The molecule has 0 bridgehead atoms. The lowest BCUT2D eigenvalue weighted by atomic mass is 10.0. The third kappa shape index (κ3) is 3.55. The van der Waals surface area contributed by atoms with E-state index >= 15 is 0 Å². The second-order valence-corrected chi connectivity index (χ2v) is 7.66. The van der Waals surface area contributed by atoms with E-state index in [0.29, 0.717) is 31.0 Å². The fraction of sp³-hybridized carbons (Fsp3) is 0.200. The average Bonchev–Trinajstić information content (AvgIpc) is 3.07. The highest BCUT2D eigenvalue weighted by molar-refractivity contribution is 9.10. The summed E-state index contributed by atoms with van der Waals surface area (Å²) in [7, 11) is 0. The SMILES string of the molecule is O=C(Cc1ccc(Br)cc1)N1CCc2noc(-c3ccc(Cl)cc3)c2C1. The van der Waals surface area contributed by atoms with Crippen LogP contribution in [0.25, 0.3) is 11.3 Å². The van der Waals surface area contributed by atoms with Crippen LogP contribution < -0.4 is 0 Å². The van der Waals surface area contributed by atoms with Crippen molar-refractivity contribution in [3.8, 4) is 11.3 Å². The van der Waals surface area contributed by atoms with E-state index in [-0.39, 0.29) is 5.91 Å². The zero-order chi connectivity index (χ0) is 18.1. The van der Waals surface area contributed by atoms with Gasteiger partial charge in [-0.1, -0.05) is 44.8 Å². The highest BCUT2D eigenvalue weighted by atomic mass is 79.9. The molecule has 1 aromatic heterocycles. The lowest BCUT2D eigenvalue weighted by Crippen LogP contribution is -2.36. The average molecular weight is 432 g/mol. The second kappa shape index (κ2) is 7.25. The molecular weight excluding hydrogens is 416 g/mol. The van der Waals surface area contributed by atoms with E-state index in [0.717, 1.165) is 32.6 Å². The van der Waals surface area contributed by atoms with Gasteiger partial charge in [-0.3, -0.25) is 4.79 Å². The maximum Gasteiger partial charge on any atom is 0.227 e. The van der Waals surface area contributed by atoms with Gasteiger partial charge in [-0.15, -0.1) is 0 Å². The Hall–Kier alpha value is -2.11. The molecule has 3 aromatic rings. The van der Waals surface area contributed by atoms with Crippen molar-refractivity contribution in [3.63, 3.8) is 0 Å². The minimum atomic E-state index is 0.112. The molecule has 26 heavy (non-hydrogen) atoms. The summed E-state index contributed by atoms with van der Waals surface area (Å²) >= 11 is 9.38. The topological polar surface area (TPSA) is 46.3 Å². The maximum absolute atomic E-state index is 12.7. The Labute approximate surface area is 164 Å². The normalized spacial score (nSPS) is 13.5. The molecule has 0 N–H and O–H groups in total. The number of hydrogen-bond donors (Lipinski definition) is 0. The number of carbonyl (C=O) groups is 1. The summed E-state index contributed by atoms with van der Waals surface area (Å²) < 4.78 is 6.57. The highest BCUT2D eigenvalue weighted by Crippen LogP contribution is 2.31. The van der Waals surface area contributed by atoms with E-state index in [1.807, 2.05) is 53.4 Å². The molecule has 2 heterocycles. The van der Waals surface area contributed by atoms with Crippen molar-refractivity contribution in [2.75, 3.05) is 6.54 Å². The van der Waals surface area contributed by atoms with Crippen molar-refractivity contribution < 1.29 is 9.32 Å². The van der Waals surface area contributed by atoms with Crippen LogP contribution in [0.15, 0.2) is 57.5 Å². The van der Waals surface area contributed by atoms with E-state index in [1.165, 1.54) is 0 Å². The molecule has 132 valence electrons. The molecule has 0 saturated carbocycles. The molecule has 0 atom stereocenters. The van der Waals surface area contributed by atoms with Gasteiger partial charge in [0.2, 0.25) is 5.91 Å². The van der Waals surface area contributed by atoms with Crippen molar-refractivity contribution in [2.24, 2.45) is 0 Å². The fourth-order valence-electron chi connectivity index (χ4n) is 3.14. The Kier molecular flexibility index (Phi) is 4.83. The predicted molar refractivity (Wildman–Crippen MR) is 104 cm³/mol. The molecule has 6 heteroatoms. The van der Waals surface area contributed by atoms with Gasteiger partial charge in [-0.2, -0.15) is 0 Å². The molecule has 1 amide bonds. The Bertz CT molecular complexity index is 935. The van der Waals surface area contributed by atoms with Crippen molar-refractivity contribution in [3.05, 3.63) is 74.8 Å². The van der Waals surface area contributed by atoms with Crippen LogP contribution in [0.3, 0.4) is 0 Å². The van der Waals surface area contributed by atoms with Crippen LogP contribution in [0.4, 0.5) is 0 Å². The monoisotopic (exact) mass is 430 g/mol. The van der Waals surface area contributed by atoms with Crippen molar-refractivity contribution in [2.45, 2.75) is 19.4 Å². The summed E-state index contributed by atoms with van der Waals surface area (Å²) in [4.78, 5) is 14.6. The Morgan fingerprint density at radius 3 is 2.62 bits per heavy atom. The van der Waals surface area contributed by atoms with Gasteiger partial charge in [-0.05, 0) is 42.0 Å². The molecule has 1 aliphatic rings.